The second-order valence-corrected chi connectivity index (χ2v) is 14.9. The van der Waals surface area contributed by atoms with E-state index >= 15 is 0 Å². The van der Waals surface area contributed by atoms with Gasteiger partial charge in [0.05, 0.1) is 53.4 Å². The lowest BCUT2D eigenvalue weighted by Crippen LogP contribution is -2.81. The van der Waals surface area contributed by atoms with Crippen LogP contribution < -0.4 is 14.2 Å². The zero-order chi connectivity index (χ0) is 32.8. The molecule has 2 aliphatic heterocycles. The van der Waals surface area contributed by atoms with Crippen LogP contribution in [-0.4, -0.2) is 103 Å². The third kappa shape index (κ3) is 5.26. The van der Waals surface area contributed by atoms with Crippen LogP contribution in [0.4, 0.5) is 0 Å². The van der Waals surface area contributed by atoms with Crippen molar-refractivity contribution in [2.75, 3.05) is 80.7 Å². The minimum Gasteiger partial charge on any atom is -0.493 e. The highest BCUT2D eigenvalue weighted by Crippen LogP contribution is 2.76. The molecule has 4 bridgehead atoms. The Morgan fingerprint density at radius 3 is 2.40 bits per heavy atom. The normalized spacial score (nSPS) is 32.6. The highest BCUT2D eigenvalue weighted by Gasteiger charge is 2.80. The van der Waals surface area contributed by atoms with Gasteiger partial charge in [-0.25, -0.2) is 0 Å². The highest BCUT2D eigenvalue weighted by molar-refractivity contribution is 5.63. The molecule has 9 nitrogen and oxygen atoms in total. The molecule has 9 rings (SSSR count). The van der Waals surface area contributed by atoms with E-state index in [1.807, 2.05) is 19.2 Å². The van der Waals surface area contributed by atoms with Gasteiger partial charge in [0.1, 0.15) is 24.1 Å². The first-order valence-corrected chi connectivity index (χ1v) is 18.2. The maximum atomic E-state index is 7.18. The summed E-state index contributed by atoms with van der Waals surface area (Å²) in [6, 6.07) is 13.2. The summed E-state index contributed by atoms with van der Waals surface area (Å²) in [6.07, 6.45) is 8.32. The maximum absolute atomic E-state index is 7.18. The number of likely N-dealkylation sites (tertiary alicyclic amines) is 1. The van der Waals surface area contributed by atoms with Crippen molar-refractivity contribution in [2.24, 2.45) is 17.3 Å². The standard InChI is InChI=1S/C39H53NO8/c1-41-16-17-44-18-19-45-20-21-47-31-9-6-28(7-10-31)25-46-26-30-23-37-12-13-39(30,43-3)36-38(37)14-15-40(24-27-4-5-27)33(37)22-29-8-11-32(42-2)35(48-36)34(29)38/h6-11,27,30,33,36H,4-5,12-26H2,1-3H3/t30-,33?,36-,37-,38+,39-/m1/s1. The van der Waals surface area contributed by atoms with E-state index in [4.69, 9.17) is 37.9 Å². The van der Waals surface area contributed by atoms with Gasteiger partial charge in [-0.05, 0) is 86.7 Å². The monoisotopic (exact) mass is 663 g/mol. The van der Waals surface area contributed by atoms with Crippen LogP contribution in [-0.2, 0) is 42.1 Å². The zero-order valence-electron chi connectivity index (χ0n) is 29.0. The molecule has 2 aromatic carbocycles. The van der Waals surface area contributed by atoms with Crippen LogP contribution in [0.1, 0.15) is 55.2 Å². The molecule has 1 unspecified atom stereocenters. The zero-order valence-corrected chi connectivity index (χ0v) is 29.0. The average molecular weight is 664 g/mol. The number of fused-ring (bicyclic) bond motifs is 2. The average Bonchev–Trinajstić information content (AvgIpc) is 3.86. The van der Waals surface area contributed by atoms with E-state index in [0.29, 0.717) is 58.9 Å². The molecule has 4 saturated carbocycles. The van der Waals surface area contributed by atoms with Crippen LogP contribution in [0.2, 0.25) is 0 Å². The van der Waals surface area contributed by atoms with Gasteiger partial charge in [0.25, 0.3) is 0 Å². The number of piperidine rings is 1. The van der Waals surface area contributed by atoms with E-state index in [1.165, 1.54) is 36.9 Å². The van der Waals surface area contributed by atoms with Gasteiger partial charge >= 0.3 is 0 Å². The summed E-state index contributed by atoms with van der Waals surface area (Å²) in [5.74, 6) is 3.83. The second kappa shape index (κ2) is 13.4. The third-order valence-electron chi connectivity index (χ3n) is 12.8. The quantitative estimate of drug-likeness (QED) is 0.200. The number of hydrogen-bond donors (Lipinski definition) is 0. The van der Waals surface area contributed by atoms with Crippen molar-refractivity contribution in [2.45, 2.75) is 74.7 Å². The predicted molar refractivity (Wildman–Crippen MR) is 180 cm³/mol. The summed E-state index contributed by atoms with van der Waals surface area (Å²) in [5.41, 5.74) is 3.80. The number of ether oxygens (including phenoxy) is 8. The summed E-state index contributed by atoms with van der Waals surface area (Å²) in [7, 11) is 5.35. The summed E-state index contributed by atoms with van der Waals surface area (Å²) in [5, 5.41) is 0. The van der Waals surface area contributed by atoms with E-state index in [0.717, 1.165) is 61.0 Å². The number of rotatable bonds is 18. The molecule has 5 aliphatic carbocycles. The first-order valence-electron chi connectivity index (χ1n) is 18.2. The maximum Gasteiger partial charge on any atom is 0.165 e. The molecular weight excluding hydrogens is 610 g/mol. The molecular formula is C39H53NO8. The Morgan fingerprint density at radius 2 is 1.65 bits per heavy atom. The molecule has 48 heavy (non-hydrogen) atoms. The molecule has 262 valence electrons. The van der Waals surface area contributed by atoms with E-state index in [2.05, 4.69) is 29.2 Å². The van der Waals surface area contributed by atoms with Crippen LogP contribution in [0.25, 0.3) is 0 Å². The Balaban J connectivity index is 0.939. The SMILES string of the molecule is COCCOCCOCCOc1ccc(COC[C@H]2C[C@@]34CC[C@]2(OC)[C@@H]2Oc5c(OC)ccc6c5[C@@]23CCN(CC2CC2)C4C6)cc1. The summed E-state index contributed by atoms with van der Waals surface area (Å²) < 4.78 is 48.2. The van der Waals surface area contributed by atoms with E-state index in [1.54, 1.807) is 14.2 Å². The second-order valence-electron chi connectivity index (χ2n) is 14.9. The van der Waals surface area contributed by atoms with Crippen molar-refractivity contribution in [3.8, 4) is 17.2 Å². The fourth-order valence-electron chi connectivity index (χ4n) is 10.6. The molecule has 0 aromatic heterocycles. The molecule has 0 amide bonds. The molecule has 0 radical (unpaired) electrons. The molecule has 7 aliphatic rings. The fourth-order valence-corrected chi connectivity index (χ4v) is 10.6. The van der Waals surface area contributed by atoms with Crippen molar-refractivity contribution < 1.29 is 37.9 Å². The summed E-state index contributed by atoms with van der Waals surface area (Å²) >= 11 is 0. The van der Waals surface area contributed by atoms with Crippen LogP contribution >= 0.6 is 0 Å². The molecule has 2 heterocycles. The third-order valence-corrected chi connectivity index (χ3v) is 12.8. The lowest BCUT2D eigenvalue weighted by Gasteiger charge is -2.74. The van der Waals surface area contributed by atoms with Crippen LogP contribution in [0.15, 0.2) is 36.4 Å². The Kier molecular flexibility index (Phi) is 9.14. The van der Waals surface area contributed by atoms with Gasteiger partial charge in [0.15, 0.2) is 11.5 Å². The minimum absolute atomic E-state index is 0.0226. The highest BCUT2D eigenvalue weighted by atomic mass is 16.6. The largest absolute Gasteiger partial charge is 0.493 e. The van der Waals surface area contributed by atoms with Gasteiger partial charge in [-0.2, -0.15) is 0 Å². The van der Waals surface area contributed by atoms with Gasteiger partial charge in [0, 0.05) is 49.1 Å². The smallest absolute Gasteiger partial charge is 0.165 e. The van der Waals surface area contributed by atoms with Crippen molar-refractivity contribution in [1.29, 1.82) is 0 Å². The Bertz CT molecular complexity index is 1430. The van der Waals surface area contributed by atoms with Crippen LogP contribution in [0.3, 0.4) is 0 Å². The summed E-state index contributed by atoms with van der Waals surface area (Å²) in [6.45, 7) is 6.92. The molecule has 2 aromatic rings. The molecule has 0 N–H and O–H groups in total. The fraction of sp³-hybridized carbons (Fsp3) is 0.692. The van der Waals surface area contributed by atoms with Crippen LogP contribution in [0, 0.1) is 17.3 Å². The summed E-state index contributed by atoms with van der Waals surface area (Å²) in [4.78, 5) is 2.89. The Morgan fingerprint density at radius 1 is 0.854 bits per heavy atom. The molecule has 5 fully saturated rings. The van der Waals surface area contributed by atoms with Crippen molar-refractivity contribution in [3.05, 3.63) is 53.1 Å². The minimum atomic E-state index is -0.389. The van der Waals surface area contributed by atoms with Gasteiger partial charge in [-0.15, -0.1) is 0 Å². The number of hydrogen-bond acceptors (Lipinski definition) is 9. The molecule has 9 heteroatoms. The van der Waals surface area contributed by atoms with Crippen molar-refractivity contribution in [3.63, 3.8) is 0 Å². The van der Waals surface area contributed by atoms with Gasteiger partial charge < -0.3 is 37.9 Å². The molecule has 6 atom stereocenters. The Labute approximate surface area is 285 Å². The van der Waals surface area contributed by atoms with Gasteiger partial charge in [0.2, 0.25) is 0 Å². The van der Waals surface area contributed by atoms with Crippen LogP contribution in [0.5, 0.6) is 17.2 Å². The number of nitrogens with zero attached hydrogens (tertiary/aromatic N) is 1. The molecule has 2 spiro atoms. The lowest BCUT2D eigenvalue weighted by molar-refractivity contribution is -0.283. The van der Waals surface area contributed by atoms with E-state index < -0.39 is 0 Å². The number of methoxy groups -OCH3 is 3. The van der Waals surface area contributed by atoms with Crippen molar-refractivity contribution in [1.82, 2.24) is 4.90 Å². The predicted octanol–water partition coefficient (Wildman–Crippen LogP) is 5.19. The molecule has 1 saturated heterocycles. The Hall–Kier alpha value is -2.40. The van der Waals surface area contributed by atoms with Crippen molar-refractivity contribution >= 4 is 0 Å². The topological polar surface area (TPSA) is 77.1 Å². The lowest BCUT2D eigenvalue weighted by atomic mass is 9.35. The van der Waals surface area contributed by atoms with E-state index in [9.17, 15) is 0 Å². The van der Waals surface area contributed by atoms with E-state index in [-0.39, 0.29) is 28.5 Å². The van der Waals surface area contributed by atoms with Gasteiger partial charge in [-0.3, -0.25) is 4.90 Å². The first kappa shape index (κ1) is 32.8. The number of benzene rings is 2. The first-order chi connectivity index (χ1) is 23.6. The van der Waals surface area contributed by atoms with Gasteiger partial charge in [-0.1, -0.05) is 18.2 Å².